The van der Waals surface area contributed by atoms with Crippen molar-refractivity contribution < 1.29 is 4.79 Å². The number of nitrogens with zero attached hydrogens (tertiary/aromatic N) is 1. The van der Waals surface area contributed by atoms with Gasteiger partial charge in [-0.1, -0.05) is 0 Å². The maximum atomic E-state index is 12.2. The molecule has 0 aliphatic carbocycles. The molecule has 9 heteroatoms. The molecule has 4 nitrogen and oxygen atoms in total. The Kier molecular flexibility index (Phi) is 8.69. The first kappa shape index (κ1) is 23.1. The molecule has 0 saturated carbocycles. The molecule has 0 fully saturated rings. The Morgan fingerprint density at radius 3 is 2.46 bits per heavy atom. The van der Waals surface area contributed by atoms with E-state index in [-0.39, 0.29) is 0 Å². The molecule has 0 aliphatic rings. The maximum absolute atomic E-state index is 12.2. The van der Waals surface area contributed by atoms with Crippen molar-refractivity contribution in [3.05, 3.63) is 70.8 Å². The van der Waals surface area contributed by atoms with E-state index < -0.39 is 15.9 Å². The molecule has 1 atom stereocenters. The van der Waals surface area contributed by atoms with Crippen LogP contribution in [0.4, 0.5) is 5.69 Å². The van der Waals surface area contributed by atoms with Gasteiger partial charge in [-0.15, -0.1) is 0 Å². The van der Waals surface area contributed by atoms with Crippen LogP contribution in [0.5, 0.6) is 0 Å². The Balaban J connectivity index is 2.12. The molecule has 147 valence electrons. The first-order valence-corrected chi connectivity index (χ1v) is 10.4. The summed E-state index contributed by atoms with van der Waals surface area (Å²) < 4.78 is -1.52. The Hall–Kier alpha value is -1.20. The Morgan fingerprint density at radius 1 is 1.14 bits per heavy atom. The quantitative estimate of drug-likeness (QED) is 0.188. The van der Waals surface area contributed by atoms with Crippen LogP contribution in [0.15, 0.2) is 59.6 Å². The number of hydrogen-bond acceptors (Lipinski definition) is 2. The van der Waals surface area contributed by atoms with Crippen molar-refractivity contribution in [2.75, 3.05) is 5.32 Å². The Morgan fingerprint density at radius 2 is 1.82 bits per heavy atom. The molecule has 1 unspecified atom stereocenters. The summed E-state index contributed by atoms with van der Waals surface area (Å²) in [6, 6.07) is 14.8. The molecule has 2 N–H and O–H groups in total. The van der Waals surface area contributed by atoms with E-state index in [1.54, 1.807) is 18.2 Å². The molecule has 0 saturated heterocycles. The average molecular weight is 523 g/mol. The van der Waals surface area contributed by atoms with Crippen molar-refractivity contribution >= 4 is 84.8 Å². The summed E-state index contributed by atoms with van der Waals surface area (Å²) >= 11 is 26.8. The first-order valence-electron chi connectivity index (χ1n) is 8.04. The number of carbonyl (C=O) groups excluding carboxylic acids is 1. The molecule has 2 rings (SSSR count). The van der Waals surface area contributed by atoms with Gasteiger partial charge in [-0.3, -0.25) is 0 Å². The summed E-state index contributed by atoms with van der Waals surface area (Å²) in [5, 5.41) is 6.23. The van der Waals surface area contributed by atoms with E-state index in [9.17, 15) is 4.79 Å². The van der Waals surface area contributed by atoms with Crippen molar-refractivity contribution in [1.29, 1.82) is 0 Å². The third-order valence-corrected chi connectivity index (χ3v) is 5.04. The number of anilines is 1. The molecule has 2 aromatic rings. The third-order valence-electron chi connectivity index (χ3n) is 3.57. The molecule has 28 heavy (non-hydrogen) atoms. The van der Waals surface area contributed by atoms with E-state index in [1.807, 2.05) is 43.3 Å². The summed E-state index contributed by atoms with van der Waals surface area (Å²) in [5.41, 5.74) is 2.45. The molecule has 0 aromatic heterocycles. The topological polar surface area (TPSA) is 53.5 Å². The van der Waals surface area contributed by atoms with Crippen LogP contribution in [0.3, 0.4) is 0 Å². The average Bonchev–Trinajstić information content (AvgIpc) is 2.63. The predicted molar refractivity (Wildman–Crippen MR) is 121 cm³/mol. The number of carbonyl (C=O) groups is 1. The van der Waals surface area contributed by atoms with Crippen LogP contribution in [0.1, 0.15) is 11.1 Å². The fourth-order valence-electron chi connectivity index (χ4n) is 2.11. The zero-order chi connectivity index (χ0) is 20.7. The minimum absolute atomic E-state index is 0.328. The monoisotopic (exact) mass is 522 g/mol. The summed E-state index contributed by atoms with van der Waals surface area (Å²) in [6.07, 6.45) is 1.89. The number of rotatable bonds is 5. The van der Waals surface area contributed by atoms with Gasteiger partial charge in [-0.2, -0.15) is 0 Å². The Labute approximate surface area is 192 Å². The van der Waals surface area contributed by atoms with E-state index in [1.165, 1.54) is 6.08 Å². The normalized spacial score (nSPS) is 13.4. The first-order chi connectivity index (χ1) is 13.2. The van der Waals surface area contributed by atoms with Crippen molar-refractivity contribution in [2.24, 2.45) is 4.99 Å². The predicted octanol–water partition coefficient (Wildman–Crippen LogP) is 5.11. The van der Waals surface area contributed by atoms with E-state index >= 15 is 0 Å². The van der Waals surface area contributed by atoms with Crippen molar-refractivity contribution in [2.45, 2.75) is 16.9 Å². The van der Waals surface area contributed by atoms with Gasteiger partial charge in [0.15, 0.2) is 0 Å². The third kappa shape index (κ3) is 7.32. The summed E-state index contributed by atoms with van der Waals surface area (Å²) in [6.45, 7) is 1.86. The second-order valence-electron chi connectivity index (χ2n) is 5.67. The van der Waals surface area contributed by atoms with Gasteiger partial charge in [0.25, 0.3) is 0 Å². The molecule has 0 spiro atoms. The Bertz CT molecular complexity index is 882. The summed E-state index contributed by atoms with van der Waals surface area (Å²) in [7, 11) is 0. The number of benzene rings is 2. The number of amides is 1. The van der Waals surface area contributed by atoms with Gasteiger partial charge in [0.2, 0.25) is 0 Å². The molecule has 0 bridgehead atoms. The van der Waals surface area contributed by atoms with E-state index in [0.717, 1.165) is 16.8 Å². The molecule has 1 amide bonds. The van der Waals surface area contributed by atoms with Gasteiger partial charge in [-0.25, -0.2) is 0 Å². The van der Waals surface area contributed by atoms with Crippen LogP contribution in [-0.4, -0.2) is 36.6 Å². The minimum atomic E-state index is -1.85. The number of amidine groups is 1. The van der Waals surface area contributed by atoms with Crippen LogP contribution in [0, 0.1) is 6.92 Å². The number of aliphatic imine (C=N–C) groups is 1. The van der Waals surface area contributed by atoms with Gasteiger partial charge in [0.05, 0.1) is 0 Å². The van der Waals surface area contributed by atoms with Gasteiger partial charge >= 0.3 is 193 Å². The van der Waals surface area contributed by atoms with Gasteiger partial charge in [0.1, 0.15) is 0 Å². The fraction of sp³-hybridized carbons (Fsp3) is 0.158. The van der Waals surface area contributed by atoms with E-state index in [4.69, 9.17) is 46.4 Å². The zero-order valence-corrected chi connectivity index (χ0v) is 19.4. The van der Waals surface area contributed by atoms with Crippen molar-refractivity contribution in [3.63, 3.8) is 0 Å². The van der Waals surface area contributed by atoms with Gasteiger partial charge < -0.3 is 0 Å². The van der Waals surface area contributed by atoms with Crippen LogP contribution in [-0.2, 0) is 4.79 Å². The van der Waals surface area contributed by atoms with Crippen LogP contribution < -0.4 is 10.6 Å². The summed E-state index contributed by atoms with van der Waals surface area (Å²) in [5.74, 6) is -0.448. The molecule has 2 aromatic carbocycles. The van der Waals surface area contributed by atoms with E-state index in [0.29, 0.717) is 9.76 Å². The van der Waals surface area contributed by atoms with Gasteiger partial charge in [-0.05, 0) is 0 Å². The second kappa shape index (κ2) is 10.5. The number of nitrogens with one attached hydrogen (secondary N) is 2. The molecular weight excluding hydrogens is 507 g/mol. The second-order valence-corrected chi connectivity index (χ2v) is 9.26. The fourth-order valence-corrected chi connectivity index (χ4v) is 3.05. The number of halogens is 4. The van der Waals surface area contributed by atoms with Crippen molar-refractivity contribution in [3.8, 4) is 0 Å². The SMILES string of the molecule is Cc1c(Cl)cccc1NC([Se])=NC(NC(=O)/C=C/c1ccccc1)C(Cl)(Cl)Cl. The molecule has 0 aliphatic heterocycles. The summed E-state index contributed by atoms with van der Waals surface area (Å²) in [4.78, 5) is 16.5. The van der Waals surface area contributed by atoms with Gasteiger partial charge in [0, 0.05) is 0 Å². The number of hydrogen-bond donors (Lipinski definition) is 2. The molecular formula is C19H16Cl4N3OSe. The molecule has 1 radical (unpaired) electrons. The molecule has 0 heterocycles. The van der Waals surface area contributed by atoms with Crippen LogP contribution >= 0.6 is 46.4 Å². The van der Waals surface area contributed by atoms with Crippen LogP contribution in [0.2, 0.25) is 5.02 Å². The van der Waals surface area contributed by atoms with Crippen LogP contribution in [0.25, 0.3) is 6.08 Å². The standard InChI is InChI=1S/C19H16Cl4N3OSe/c1-12-14(20)8-5-9-15(12)24-18(28)26-17(19(21,22)23)25-16(27)11-10-13-6-3-2-4-7-13/h2-11,17H,1H3,(H,24,26)(H,25,27)/b11-10+. The van der Waals surface area contributed by atoms with Crippen molar-refractivity contribution in [1.82, 2.24) is 5.32 Å². The number of alkyl halides is 3. The van der Waals surface area contributed by atoms with E-state index in [2.05, 4.69) is 31.6 Å². The zero-order valence-electron chi connectivity index (χ0n) is 14.6.